The van der Waals surface area contributed by atoms with Crippen LogP contribution in [0.25, 0.3) is 10.9 Å². The molecule has 2 aromatic carbocycles. The number of hydrogen-bond acceptors (Lipinski definition) is 6. The molecule has 0 spiro atoms. The molecular formula is C32H31F3N4O4. The van der Waals surface area contributed by atoms with Crippen LogP contribution in [0.15, 0.2) is 71.7 Å². The zero-order valence-electron chi connectivity index (χ0n) is 23.9. The first-order chi connectivity index (χ1) is 20.4. The predicted molar refractivity (Wildman–Crippen MR) is 154 cm³/mol. The van der Waals surface area contributed by atoms with Gasteiger partial charge in [-0.05, 0) is 46.9 Å². The molecule has 0 aliphatic carbocycles. The molecule has 0 bridgehead atoms. The van der Waals surface area contributed by atoms with Gasteiger partial charge in [0.2, 0.25) is 5.56 Å². The highest BCUT2D eigenvalue weighted by molar-refractivity contribution is 5.97. The third-order valence-electron chi connectivity index (χ3n) is 7.66. The molecule has 0 saturated carbocycles. The van der Waals surface area contributed by atoms with Crippen molar-refractivity contribution in [2.24, 2.45) is 5.92 Å². The molecule has 5 rings (SSSR count). The SMILES string of the molecule is COC(=O)C(Cc1cc(=O)[nH]c2ccccc12)NC(=O)c1cnc2c(c1)CN(Cc1ccc(C(F)(F)F)cc1)[C@H]2C(C)C. The van der Waals surface area contributed by atoms with E-state index in [-0.39, 0.29) is 29.5 Å². The van der Waals surface area contributed by atoms with Crippen LogP contribution in [0, 0.1) is 5.92 Å². The summed E-state index contributed by atoms with van der Waals surface area (Å²) >= 11 is 0. The van der Waals surface area contributed by atoms with E-state index in [0.717, 1.165) is 34.3 Å². The minimum atomic E-state index is -4.40. The molecule has 1 aliphatic heterocycles. The highest BCUT2D eigenvalue weighted by Gasteiger charge is 2.35. The molecule has 224 valence electrons. The zero-order chi connectivity index (χ0) is 30.9. The van der Waals surface area contributed by atoms with Crippen LogP contribution in [0.1, 0.15) is 58.2 Å². The van der Waals surface area contributed by atoms with Gasteiger partial charge in [-0.3, -0.25) is 19.5 Å². The fourth-order valence-corrected chi connectivity index (χ4v) is 5.70. The Balaban J connectivity index is 1.35. The Kier molecular flexibility index (Phi) is 8.36. The second-order valence-electron chi connectivity index (χ2n) is 11.0. The van der Waals surface area contributed by atoms with Gasteiger partial charge in [-0.1, -0.05) is 44.2 Å². The van der Waals surface area contributed by atoms with Crippen LogP contribution >= 0.6 is 0 Å². The molecular weight excluding hydrogens is 561 g/mol. The Morgan fingerprint density at radius 1 is 1.12 bits per heavy atom. The molecule has 2 N–H and O–H groups in total. The second-order valence-corrected chi connectivity index (χ2v) is 11.0. The summed E-state index contributed by atoms with van der Waals surface area (Å²) in [5.41, 5.74) is 2.79. The molecule has 1 aliphatic rings. The number of amides is 1. The topological polar surface area (TPSA) is 104 Å². The summed E-state index contributed by atoms with van der Waals surface area (Å²) in [6, 6.07) is 14.3. The largest absolute Gasteiger partial charge is 0.467 e. The standard InChI is InChI=1S/C32H31F3N4O4/c1-18(2)29-28-22(17-39(29)16-19-8-10-23(11-9-19)32(33,34)35)12-21(15-36-28)30(41)38-26(31(42)43-3)13-20-14-27(40)37-25-7-5-4-6-24(20)25/h4-12,14-15,18,26,29H,13,16-17H2,1-3H3,(H,37,40)(H,38,41)/t26?,29-/m0/s1. The smallest absolute Gasteiger partial charge is 0.416 e. The lowest BCUT2D eigenvalue weighted by Crippen LogP contribution is -2.43. The zero-order valence-corrected chi connectivity index (χ0v) is 23.9. The van der Waals surface area contributed by atoms with Crippen molar-refractivity contribution < 1.29 is 27.5 Å². The van der Waals surface area contributed by atoms with Crippen LogP contribution < -0.4 is 10.9 Å². The van der Waals surface area contributed by atoms with Crippen LogP contribution in [0.3, 0.4) is 0 Å². The van der Waals surface area contributed by atoms with E-state index < -0.39 is 29.7 Å². The Morgan fingerprint density at radius 3 is 2.51 bits per heavy atom. The molecule has 43 heavy (non-hydrogen) atoms. The number of carbonyl (C=O) groups excluding carboxylic acids is 2. The molecule has 1 unspecified atom stereocenters. The van der Waals surface area contributed by atoms with Crippen molar-refractivity contribution in [3.8, 4) is 0 Å². The van der Waals surface area contributed by atoms with E-state index in [4.69, 9.17) is 4.74 Å². The number of methoxy groups -OCH3 is 1. The van der Waals surface area contributed by atoms with Gasteiger partial charge in [0.15, 0.2) is 0 Å². The van der Waals surface area contributed by atoms with E-state index in [1.54, 1.807) is 18.2 Å². The average Bonchev–Trinajstić information content (AvgIpc) is 3.33. The monoisotopic (exact) mass is 592 g/mol. The van der Waals surface area contributed by atoms with Crippen LogP contribution in [0.2, 0.25) is 0 Å². The molecule has 0 radical (unpaired) electrons. The second kappa shape index (κ2) is 12.0. The summed E-state index contributed by atoms with van der Waals surface area (Å²) in [7, 11) is 1.23. The van der Waals surface area contributed by atoms with Crippen molar-refractivity contribution in [1.29, 1.82) is 0 Å². The van der Waals surface area contributed by atoms with E-state index in [1.165, 1.54) is 31.5 Å². The molecule has 3 heterocycles. The fourth-order valence-electron chi connectivity index (χ4n) is 5.70. The Bertz CT molecular complexity index is 1720. The summed E-state index contributed by atoms with van der Waals surface area (Å²) in [6.07, 6.45) is -2.90. The Morgan fingerprint density at radius 2 is 1.84 bits per heavy atom. The van der Waals surface area contributed by atoms with E-state index >= 15 is 0 Å². The lowest BCUT2D eigenvalue weighted by Gasteiger charge is -2.27. The third-order valence-corrected chi connectivity index (χ3v) is 7.66. The van der Waals surface area contributed by atoms with Crippen molar-refractivity contribution in [3.63, 3.8) is 0 Å². The van der Waals surface area contributed by atoms with Gasteiger partial charge >= 0.3 is 12.1 Å². The fraction of sp³-hybridized carbons (Fsp3) is 0.312. The number of pyridine rings is 2. The van der Waals surface area contributed by atoms with E-state index in [9.17, 15) is 27.6 Å². The first kappa shape index (κ1) is 30.0. The van der Waals surface area contributed by atoms with Gasteiger partial charge in [0.25, 0.3) is 5.91 Å². The van der Waals surface area contributed by atoms with Crippen molar-refractivity contribution in [3.05, 3.63) is 111 Å². The molecule has 1 amide bonds. The van der Waals surface area contributed by atoms with Gasteiger partial charge in [0.1, 0.15) is 6.04 Å². The van der Waals surface area contributed by atoms with Gasteiger partial charge in [-0.2, -0.15) is 13.2 Å². The number of ether oxygens (including phenoxy) is 1. The number of benzene rings is 2. The molecule has 2 aromatic heterocycles. The van der Waals surface area contributed by atoms with Crippen LogP contribution in [0.5, 0.6) is 0 Å². The molecule has 8 nitrogen and oxygen atoms in total. The Hall–Kier alpha value is -4.51. The molecule has 4 aromatic rings. The van der Waals surface area contributed by atoms with Crippen LogP contribution in [-0.2, 0) is 35.2 Å². The number of esters is 1. The summed E-state index contributed by atoms with van der Waals surface area (Å²) < 4.78 is 44.0. The number of hydrogen-bond donors (Lipinski definition) is 2. The van der Waals surface area contributed by atoms with Crippen molar-refractivity contribution in [2.75, 3.05) is 7.11 Å². The quantitative estimate of drug-likeness (QED) is 0.274. The highest BCUT2D eigenvalue weighted by Crippen LogP contribution is 2.39. The van der Waals surface area contributed by atoms with Gasteiger partial charge in [0.05, 0.1) is 30.0 Å². The lowest BCUT2D eigenvalue weighted by atomic mass is 9.99. The summed E-state index contributed by atoms with van der Waals surface area (Å²) in [5.74, 6) is -1.04. The van der Waals surface area contributed by atoms with Crippen LogP contribution in [0.4, 0.5) is 13.2 Å². The first-order valence-corrected chi connectivity index (χ1v) is 13.8. The number of halogens is 3. The predicted octanol–water partition coefficient (Wildman–Crippen LogP) is 5.17. The number of nitrogens with one attached hydrogen (secondary N) is 2. The number of rotatable bonds is 8. The number of alkyl halides is 3. The minimum Gasteiger partial charge on any atom is -0.467 e. The summed E-state index contributed by atoms with van der Waals surface area (Å²) in [4.78, 5) is 47.8. The van der Waals surface area contributed by atoms with Crippen molar-refractivity contribution in [2.45, 2.75) is 51.6 Å². The van der Waals surface area contributed by atoms with Gasteiger partial charge < -0.3 is 15.0 Å². The molecule has 0 fully saturated rings. The van der Waals surface area contributed by atoms with Gasteiger partial charge in [-0.15, -0.1) is 0 Å². The lowest BCUT2D eigenvalue weighted by molar-refractivity contribution is -0.142. The highest BCUT2D eigenvalue weighted by atomic mass is 19.4. The maximum absolute atomic E-state index is 13.4. The number of fused-ring (bicyclic) bond motifs is 2. The maximum atomic E-state index is 13.4. The van der Waals surface area contributed by atoms with E-state index in [0.29, 0.717) is 24.2 Å². The van der Waals surface area contributed by atoms with Gasteiger partial charge in [0, 0.05) is 42.7 Å². The van der Waals surface area contributed by atoms with Crippen LogP contribution in [-0.4, -0.2) is 39.9 Å². The number of H-pyrrole nitrogens is 1. The number of aromatic nitrogens is 2. The van der Waals surface area contributed by atoms with E-state index in [2.05, 4.69) is 20.2 Å². The average molecular weight is 593 g/mol. The number of nitrogens with zero attached hydrogens (tertiary/aromatic N) is 2. The minimum absolute atomic E-state index is 0.0392. The summed E-state index contributed by atoms with van der Waals surface area (Å²) in [5, 5.41) is 3.49. The third kappa shape index (κ3) is 6.46. The molecule has 0 saturated heterocycles. The first-order valence-electron chi connectivity index (χ1n) is 13.8. The number of para-hydroxylation sites is 1. The normalized spacial score (nSPS) is 15.8. The number of carbonyl (C=O) groups is 2. The van der Waals surface area contributed by atoms with E-state index in [1.807, 2.05) is 26.0 Å². The number of aromatic amines is 1. The molecule has 2 atom stereocenters. The Labute approximate surface area is 245 Å². The molecule has 11 heteroatoms. The van der Waals surface area contributed by atoms with Crippen molar-refractivity contribution in [1.82, 2.24) is 20.2 Å². The summed E-state index contributed by atoms with van der Waals surface area (Å²) in [6.45, 7) is 4.95. The van der Waals surface area contributed by atoms with Crippen molar-refractivity contribution >= 4 is 22.8 Å². The maximum Gasteiger partial charge on any atom is 0.416 e. The van der Waals surface area contributed by atoms with Gasteiger partial charge in [-0.25, -0.2) is 4.79 Å².